The molecule has 0 bridgehead atoms. The molecule has 2 heterocycles. The first-order valence-corrected chi connectivity index (χ1v) is 7.76. The van der Waals surface area contributed by atoms with E-state index in [9.17, 15) is 4.79 Å². The molecule has 1 amide bonds. The zero-order valence-electron chi connectivity index (χ0n) is 13.1. The molecular formula is C18H18N4O. The molecule has 2 aromatic rings. The Balaban J connectivity index is 1.74. The van der Waals surface area contributed by atoms with Crippen LogP contribution in [0.2, 0.25) is 0 Å². The van der Waals surface area contributed by atoms with E-state index in [4.69, 9.17) is 0 Å². The van der Waals surface area contributed by atoms with Crippen LogP contribution in [-0.2, 0) is 11.2 Å². The Bertz CT molecular complexity index is 810. The highest BCUT2D eigenvalue weighted by atomic mass is 16.2. The van der Waals surface area contributed by atoms with Crippen molar-refractivity contribution in [2.75, 3.05) is 15.3 Å². The van der Waals surface area contributed by atoms with Crippen LogP contribution < -0.4 is 20.9 Å². The topological polar surface area (TPSA) is 47.6 Å². The van der Waals surface area contributed by atoms with E-state index in [1.54, 1.807) is 5.01 Å². The summed E-state index contributed by atoms with van der Waals surface area (Å²) in [6.07, 6.45) is 0.981. The van der Waals surface area contributed by atoms with Crippen LogP contribution in [0.25, 0.3) is 0 Å². The Morgan fingerprint density at radius 1 is 1.00 bits per heavy atom. The second-order valence-electron chi connectivity index (χ2n) is 5.71. The van der Waals surface area contributed by atoms with Gasteiger partial charge in [-0.05, 0) is 43.2 Å². The van der Waals surface area contributed by atoms with Gasteiger partial charge in [0.25, 0.3) is 5.91 Å². The monoisotopic (exact) mass is 306 g/mol. The van der Waals surface area contributed by atoms with Crippen molar-refractivity contribution in [2.24, 2.45) is 0 Å². The van der Waals surface area contributed by atoms with Crippen molar-refractivity contribution in [3.63, 3.8) is 0 Å². The normalized spacial score (nSPS) is 16.3. The maximum Gasteiger partial charge on any atom is 0.294 e. The van der Waals surface area contributed by atoms with E-state index < -0.39 is 0 Å². The number of hydrogen-bond acceptors (Lipinski definition) is 4. The number of carbonyl (C=O) groups excluding carboxylic acids is 1. The molecule has 1 saturated heterocycles. The number of hydrazine groups is 2. The van der Waals surface area contributed by atoms with E-state index in [0.29, 0.717) is 5.70 Å². The number of amides is 1. The van der Waals surface area contributed by atoms with Gasteiger partial charge in [-0.15, -0.1) is 5.53 Å². The van der Waals surface area contributed by atoms with Crippen LogP contribution in [0, 0.1) is 0 Å². The molecule has 0 saturated carbocycles. The fourth-order valence-corrected chi connectivity index (χ4v) is 2.99. The van der Waals surface area contributed by atoms with Crippen molar-refractivity contribution in [1.82, 2.24) is 5.53 Å². The molecule has 5 heteroatoms. The molecule has 2 N–H and O–H groups in total. The highest BCUT2D eigenvalue weighted by Crippen LogP contribution is 2.37. The van der Waals surface area contributed by atoms with E-state index in [0.717, 1.165) is 29.2 Å². The van der Waals surface area contributed by atoms with Gasteiger partial charge in [-0.1, -0.05) is 31.2 Å². The molecule has 0 aliphatic carbocycles. The first kappa shape index (κ1) is 13.8. The standard InChI is InChI=1S/C18H18N4O/c1-3-13-8-10-14(11-9-13)21-18(23)17-12(2)19-15-6-4-5-7-16(15)22(17)20-21/h4-11,19-20H,3H2,1-2H3. The third-order valence-electron chi connectivity index (χ3n) is 4.25. The second-order valence-corrected chi connectivity index (χ2v) is 5.71. The number of nitrogens with zero attached hydrogens (tertiary/aromatic N) is 2. The number of benzene rings is 2. The summed E-state index contributed by atoms with van der Waals surface area (Å²) in [5.41, 5.74) is 8.68. The Morgan fingerprint density at radius 3 is 2.48 bits per heavy atom. The molecule has 0 unspecified atom stereocenters. The molecule has 4 rings (SSSR count). The summed E-state index contributed by atoms with van der Waals surface area (Å²) in [6.45, 7) is 4.03. The summed E-state index contributed by atoms with van der Waals surface area (Å²) < 4.78 is 0. The van der Waals surface area contributed by atoms with Crippen LogP contribution in [0.4, 0.5) is 17.1 Å². The zero-order chi connectivity index (χ0) is 16.0. The lowest BCUT2D eigenvalue weighted by Crippen LogP contribution is -2.41. The zero-order valence-corrected chi connectivity index (χ0v) is 13.1. The minimum atomic E-state index is -0.0613. The lowest BCUT2D eigenvalue weighted by atomic mass is 10.1. The minimum absolute atomic E-state index is 0.0613. The number of fused-ring (bicyclic) bond motifs is 3. The number of nitrogens with one attached hydrogen (secondary N) is 2. The van der Waals surface area contributed by atoms with Gasteiger partial charge in [-0.3, -0.25) is 4.79 Å². The van der Waals surface area contributed by atoms with Gasteiger partial charge in [-0.25, -0.2) is 10.0 Å². The highest BCUT2D eigenvalue weighted by molar-refractivity contribution is 6.12. The first-order valence-electron chi connectivity index (χ1n) is 7.76. The van der Waals surface area contributed by atoms with Gasteiger partial charge in [-0.2, -0.15) is 0 Å². The quantitative estimate of drug-likeness (QED) is 0.894. The molecule has 0 radical (unpaired) electrons. The lowest BCUT2D eigenvalue weighted by molar-refractivity contribution is -0.114. The van der Waals surface area contributed by atoms with Crippen molar-refractivity contribution >= 4 is 23.0 Å². The number of rotatable bonds is 2. The van der Waals surface area contributed by atoms with E-state index in [-0.39, 0.29) is 5.91 Å². The number of para-hydroxylation sites is 2. The third-order valence-corrected chi connectivity index (χ3v) is 4.25. The predicted molar refractivity (Wildman–Crippen MR) is 91.7 cm³/mol. The number of aryl methyl sites for hydroxylation is 1. The van der Waals surface area contributed by atoms with Crippen molar-refractivity contribution in [2.45, 2.75) is 20.3 Å². The maximum absolute atomic E-state index is 12.8. The largest absolute Gasteiger partial charge is 0.355 e. The molecule has 1 fully saturated rings. The van der Waals surface area contributed by atoms with E-state index in [1.165, 1.54) is 5.56 Å². The van der Waals surface area contributed by atoms with E-state index >= 15 is 0 Å². The Kier molecular flexibility index (Phi) is 3.09. The lowest BCUT2D eigenvalue weighted by Gasteiger charge is -2.28. The summed E-state index contributed by atoms with van der Waals surface area (Å²) >= 11 is 0. The molecule has 2 aliphatic heterocycles. The molecule has 116 valence electrons. The summed E-state index contributed by atoms with van der Waals surface area (Å²) in [4.78, 5) is 12.8. The van der Waals surface area contributed by atoms with Crippen molar-refractivity contribution < 1.29 is 4.79 Å². The molecular weight excluding hydrogens is 288 g/mol. The van der Waals surface area contributed by atoms with Crippen LogP contribution in [0.3, 0.4) is 0 Å². The van der Waals surface area contributed by atoms with Crippen LogP contribution >= 0.6 is 0 Å². The summed E-state index contributed by atoms with van der Waals surface area (Å²) in [5, 5.41) is 6.73. The smallest absolute Gasteiger partial charge is 0.294 e. The van der Waals surface area contributed by atoms with Crippen molar-refractivity contribution in [3.05, 3.63) is 65.5 Å². The average molecular weight is 306 g/mol. The van der Waals surface area contributed by atoms with Gasteiger partial charge >= 0.3 is 0 Å². The van der Waals surface area contributed by atoms with Gasteiger partial charge in [0.2, 0.25) is 0 Å². The second kappa shape index (κ2) is 5.14. The minimum Gasteiger partial charge on any atom is -0.355 e. The summed E-state index contributed by atoms with van der Waals surface area (Å²) in [5.74, 6) is -0.0613. The maximum atomic E-state index is 12.8. The van der Waals surface area contributed by atoms with Gasteiger partial charge in [0.1, 0.15) is 5.70 Å². The van der Waals surface area contributed by atoms with Gasteiger partial charge in [0.05, 0.1) is 17.1 Å². The van der Waals surface area contributed by atoms with Crippen molar-refractivity contribution in [3.8, 4) is 0 Å². The van der Waals surface area contributed by atoms with Gasteiger partial charge in [0, 0.05) is 5.70 Å². The number of allylic oxidation sites excluding steroid dienone is 1. The molecule has 5 nitrogen and oxygen atoms in total. The van der Waals surface area contributed by atoms with Crippen LogP contribution in [-0.4, -0.2) is 5.91 Å². The predicted octanol–water partition coefficient (Wildman–Crippen LogP) is 3.18. The number of carbonyl (C=O) groups is 1. The summed E-state index contributed by atoms with van der Waals surface area (Å²) in [6, 6.07) is 16.0. The molecule has 2 aliphatic rings. The first-order chi connectivity index (χ1) is 11.2. The Hall–Kier alpha value is -2.79. The average Bonchev–Trinajstić information content (AvgIpc) is 2.93. The van der Waals surface area contributed by atoms with Crippen LogP contribution in [0.1, 0.15) is 19.4 Å². The van der Waals surface area contributed by atoms with Gasteiger partial charge in [0.15, 0.2) is 0 Å². The van der Waals surface area contributed by atoms with Crippen LogP contribution in [0.15, 0.2) is 59.9 Å². The fourth-order valence-electron chi connectivity index (χ4n) is 2.99. The Labute approximate surface area is 135 Å². The van der Waals surface area contributed by atoms with Gasteiger partial charge < -0.3 is 5.32 Å². The third kappa shape index (κ3) is 2.09. The fraction of sp³-hybridized carbons (Fsp3) is 0.167. The Morgan fingerprint density at radius 2 is 1.74 bits per heavy atom. The highest BCUT2D eigenvalue weighted by Gasteiger charge is 2.39. The number of anilines is 3. The molecule has 23 heavy (non-hydrogen) atoms. The van der Waals surface area contributed by atoms with Crippen molar-refractivity contribution in [1.29, 1.82) is 0 Å². The number of hydrogen-bond donors (Lipinski definition) is 2. The summed E-state index contributed by atoms with van der Waals surface area (Å²) in [7, 11) is 0. The molecule has 0 spiro atoms. The SMILES string of the molecule is CCc1ccc(N2NN3C(=C(C)Nc4ccccc43)C2=O)cc1. The molecule has 0 atom stereocenters. The van der Waals surface area contributed by atoms with E-state index in [1.807, 2.05) is 48.3 Å². The van der Waals surface area contributed by atoms with E-state index in [2.05, 4.69) is 29.9 Å². The molecule has 2 aromatic carbocycles. The van der Waals surface area contributed by atoms with Crippen LogP contribution in [0.5, 0.6) is 0 Å². The molecule has 0 aromatic heterocycles.